The van der Waals surface area contributed by atoms with Gasteiger partial charge in [0.15, 0.2) is 0 Å². The van der Waals surface area contributed by atoms with Crippen molar-refractivity contribution in [2.24, 2.45) is 0 Å². The van der Waals surface area contributed by atoms with E-state index in [1.807, 2.05) is 36.1 Å². The van der Waals surface area contributed by atoms with Crippen LogP contribution in [0.4, 0.5) is 0 Å². The van der Waals surface area contributed by atoms with E-state index >= 15 is 0 Å². The van der Waals surface area contributed by atoms with Gasteiger partial charge in [0.1, 0.15) is 11.5 Å². The van der Waals surface area contributed by atoms with E-state index < -0.39 is 0 Å². The molecule has 4 rings (SSSR count). The number of aryl methyl sites for hydroxylation is 1. The van der Waals surface area contributed by atoms with E-state index in [-0.39, 0.29) is 30.7 Å². The predicted octanol–water partition coefficient (Wildman–Crippen LogP) is 2.34. The molecule has 174 valence electrons. The first-order chi connectivity index (χ1) is 15.9. The minimum Gasteiger partial charge on any atom is -0.497 e. The molecule has 0 N–H and O–H groups in total. The zero-order chi connectivity index (χ0) is 23.5. The highest BCUT2D eigenvalue weighted by Gasteiger charge is 2.35. The van der Waals surface area contributed by atoms with E-state index in [1.54, 1.807) is 26.4 Å². The van der Waals surface area contributed by atoms with Gasteiger partial charge in [-0.3, -0.25) is 24.2 Å². The molecule has 0 saturated carbocycles. The quantitative estimate of drug-likeness (QED) is 0.602. The molecular formula is C25H29N3O5. The molecule has 0 bridgehead atoms. The van der Waals surface area contributed by atoms with E-state index in [1.165, 1.54) is 4.90 Å². The fraction of sp³-hybridized carbons (Fsp3) is 0.400. The van der Waals surface area contributed by atoms with E-state index in [9.17, 15) is 14.4 Å². The molecule has 2 heterocycles. The van der Waals surface area contributed by atoms with Crippen LogP contribution in [0.2, 0.25) is 0 Å². The second-order valence-corrected chi connectivity index (χ2v) is 8.40. The van der Waals surface area contributed by atoms with E-state index in [0.29, 0.717) is 30.8 Å². The number of benzene rings is 2. The van der Waals surface area contributed by atoms with Crippen molar-refractivity contribution in [1.82, 2.24) is 14.7 Å². The van der Waals surface area contributed by atoms with Crippen LogP contribution in [-0.4, -0.2) is 79.4 Å². The van der Waals surface area contributed by atoms with Gasteiger partial charge in [-0.15, -0.1) is 0 Å². The standard InChI is InChI=1S/C25H29N3O5/c1-17-4-6-20-21(14-17)25(31)28(24(20)30)9-8-23(29)27-12-10-26(11-13-27)16-18-15-19(32-2)5-7-22(18)33-3/h4-7,14-15H,8-13,16H2,1-3H3. The molecule has 0 atom stereocenters. The first-order valence-corrected chi connectivity index (χ1v) is 11.1. The van der Waals surface area contributed by atoms with Gasteiger partial charge in [-0.05, 0) is 37.3 Å². The van der Waals surface area contributed by atoms with Gasteiger partial charge < -0.3 is 14.4 Å². The summed E-state index contributed by atoms with van der Waals surface area (Å²) in [6, 6.07) is 11.0. The second kappa shape index (κ2) is 9.62. The number of piperazine rings is 1. The summed E-state index contributed by atoms with van der Waals surface area (Å²) in [6.07, 6.45) is 0.133. The van der Waals surface area contributed by atoms with Crippen molar-refractivity contribution in [3.8, 4) is 11.5 Å². The van der Waals surface area contributed by atoms with Crippen molar-refractivity contribution >= 4 is 17.7 Å². The lowest BCUT2D eigenvalue weighted by Gasteiger charge is -2.35. The number of rotatable bonds is 7. The highest BCUT2D eigenvalue weighted by Crippen LogP contribution is 2.26. The Kier molecular flexibility index (Phi) is 6.65. The number of fused-ring (bicyclic) bond motifs is 1. The molecule has 0 unspecified atom stereocenters. The Labute approximate surface area is 193 Å². The zero-order valence-corrected chi connectivity index (χ0v) is 19.3. The molecule has 0 spiro atoms. The Hall–Kier alpha value is -3.39. The fourth-order valence-electron chi connectivity index (χ4n) is 4.37. The molecule has 0 aliphatic carbocycles. The van der Waals surface area contributed by atoms with Crippen LogP contribution in [0.5, 0.6) is 11.5 Å². The van der Waals surface area contributed by atoms with Gasteiger partial charge in [-0.1, -0.05) is 11.6 Å². The average Bonchev–Trinajstić information content (AvgIpc) is 3.06. The van der Waals surface area contributed by atoms with Gasteiger partial charge >= 0.3 is 0 Å². The summed E-state index contributed by atoms with van der Waals surface area (Å²) in [6.45, 7) is 5.37. The third kappa shape index (κ3) is 4.71. The fourth-order valence-corrected chi connectivity index (χ4v) is 4.37. The van der Waals surface area contributed by atoms with Gasteiger partial charge in [-0.2, -0.15) is 0 Å². The number of carbonyl (C=O) groups is 3. The van der Waals surface area contributed by atoms with Gasteiger partial charge in [0, 0.05) is 51.3 Å². The Balaban J connectivity index is 1.29. The predicted molar refractivity (Wildman–Crippen MR) is 123 cm³/mol. The third-order valence-electron chi connectivity index (χ3n) is 6.28. The lowest BCUT2D eigenvalue weighted by atomic mass is 10.1. The van der Waals surface area contributed by atoms with Crippen molar-refractivity contribution in [3.63, 3.8) is 0 Å². The summed E-state index contributed by atoms with van der Waals surface area (Å²) in [5, 5.41) is 0. The SMILES string of the molecule is COc1ccc(OC)c(CN2CCN(C(=O)CCN3C(=O)c4ccc(C)cc4C3=O)CC2)c1. The molecule has 8 nitrogen and oxygen atoms in total. The molecule has 1 fully saturated rings. The molecule has 8 heteroatoms. The summed E-state index contributed by atoms with van der Waals surface area (Å²) in [5.74, 6) is 0.915. The minimum atomic E-state index is -0.320. The molecular weight excluding hydrogens is 422 g/mol. The van der Waals surface area contributed by atoms with Crippen LogP contribution in [0.15, 0.2) is 36.4 Å². The highest BCUT2D eigenvalue weighted by atomic mass is 16.5. The summed E-state index contributed by atoms with van der Waals surface area (Å²) in [5.41, 5.74) is 2.81. The Bertz CT molecular complexity index is 1080. The molecule has 2 aliphatic rings. The number of imide groups is 1. The topological polar surface area (TPSA) is 79.4 Å². The maximum absolute atomic E-state index is 12.8. The van der Waals surface area contributed by atoms with Gasteiger partial charge in [0.2, 0.25) is 5.91 Å². The number of methoxy groups -OCH3 is 2. The maximum Gasteiger partial charge on any atom is 0.261 e. The van der Waals surface area contributed by atoms with Crippen LogP contribution < -0.4 is 9.47 Å². The van der Waals surface area contributed by atoms with Gasteiger partial charge in [0.05, 0.1) is 25.3 Å². The Morgan fingerprint density at radius 2 is 1.64 bits per heavy atom. The van der Waals surface area contributed by atoms with Crippen LogP contribution in [-0.2, 0) is 11.3 Å². The number of carbonyl (C=O) groups excluding carboxylic acids is 3. The van der Waals surface area contributed by atoms with Crippen LogP contribution >= 0.6 is 0 Å². The first kappa shape index (κ1) is 22.8. The molecule has 33 heavy (non-hydrogen) atoms. The monoisotopic (exact) mass is 451 g/mol. The van der Waals surface area contributed by atoms with Gasteiger partial charge in [-0.25, -0.2) is 0 Å². The molecule has 2 aliphatic heterocycles. The maximum atomic E-state index is 12.8. The van der Waals surface area contributed by atoms with Crippen LogP contribution in [0.3, 0.4) is 0 Å². The summed E-state index contributed by atoms with van der Waals surface area (Å²) < 4.78 is 10.8. The van der Waals surface area contributed by atoms with Crippen molar-refractivity contribution in [2.45, 2.75) is 19.9 Å². The van der Waals surface area contributed by atoms with Gasteiger partial charge in [0.25, 0.3) is 11.8 Å². The molecule has 0 aromatic heterocycles. The largest absolute Gasteiger partial charge is 0.497 e. The molecule has 2 aromatic carbocycles. The lowest BCUT2D eigenvalue weighted by Crippen LogP contribution is -2.49. The third-order valence-corrected chi connectivity index (χ3v) is 6.28. The average molecular weight is 452 g/mol. The van der Waals surface area contributed by atoms with Crippen molar-refractivity contribution in [2.75, 3.05) is 46.9 Å². The molecule has 0 radical (unpaired) electrons. The normalized spacial score (nSPS) is 16.2. The number of hydrogen-bond donors (Lipinski definition) is 0. The second-order valence-electron chi connectivity index (χ2n) is 8.40. The van der Waals surface area contributed by atoms with Crippen LogP contribution in [0.1, 0.15) is 38.3 Å². The minimum absolute atomic E-state index is 0.0404. The van der Waals surface area contributed by atoms with Crippen molar-refractivity contribution in [1.29, 1.82) is 0 Å². The van der Waals surface area contributed by atoms with E-state index in [0.717, 1.165) is 35.7 Å². The van der Waals surface area contributed by atoms with Crippen molar-refractivity contribution < 1.29 is 23.9 Å². The van der Waals surface area contributed by atoms with Crippen LogP contribution in [0, 0.1) is 6.92 Å². The summed E-state index contributed by atoms with van der Waals surface area (Å²) in [4.78, 5) is 43.2. The van der Waals surface area contributed by atoms with E-state index in [2.05, 4.69) is 4.90 Å². The highest BCUT2D eigenvalue weighted by molar-refractivity contribution is 6.21. The zero-order valence-electron chi connectivity index (χ0n) is 19.3. The molecule has 1 saturated heterocycles. The lowest BCUT2D eigenvalue weighted by molar-refractivity contribution is -0.133. The Morgan fingerprint density at radius 1 is 0.909 bits per heavy atom. The number of amides is 3. The van der Waals surface area contributed by atoms with E-state index in [4.69, 9.17) is 9.47 Å². The first-order valence-electron chi connectivity index (χ1n) is 11.1. The molecule has 3 amide bonds. The van der Waals surface area contributed by atoms with Crippen molar-refractivity contribution in [3.05, 3.63) is 58.7 Å². The van der Waals surface area contributed by atoms with Crippen LogP contribution in [0.25, 0.3) is 0 Å². The summed E-state index contributed by atoms with van der Waals surface area (Å²) >= 11 is 0. The number of nitrogens with zero attached hydrogens (tertiary/aromatic N) is 3. The number of ether oxygens (including phenoxy) is 2. The smallest absolute Gasteiger partial charge is 0.261 e. The molecule has 2 aromatic rings. The number of hydrogen-bond acceptors (Lipinski definition) is 6. The summed E-state index contributed by atoms with van der Waals surface area (Å²) in [7, 11) is 3.29. The Morgan fingerprint density at radius 3 is 2.33 bits per heavy atom.